The fraction of sp³-hybridized carbons (Fsp3) is 0.667. The molecular formula is C12H17F3N2O2S2. The van der Waals surface area contributed by atoms with Crippen molar-refractivity contribution in [1.29, 1.82) is 0 Å². The molecule has 1 aliphatic rings. The molecule has 1 aliphatic carbocycles. The molecule has 1 N–H and O–H groups in total. The van der Waals surface area contributed by atoms with E-state index in [9.17, 15) is 21.6 Å². The first kappa shape index (κ1) is 16.7. The third-order valence-electron chi connectivity index (χ3n) is 3.23. The number of halogens is 3. The Labute approximate surface area is 126 Å². The van der Waals surface area contributed by atoms with E-state index < -0.39 is 29.2 Å². The Hall–Kier alpha value is -0.640. The number of rotatable bonds is 7. The van der Waals surface area contributed by atoms with Crippen molar-refractivity contribution in [2.45, 2.75) is 42.9 Å². The zero-order valence-corrected chi connectivity index (χ0v) is 13.1. The molecule has 0 aliphatic heterocycles. The topological polar surface area (TPSA) is 49.4 Å². The van der Waals surface area contributed by atoms with Gasteiger partial charge in [-0.3, -0.25) is 0 Å². The second kappa shape index (κ2) is 6.23. The number of alkyl halides is 3. The van der Waals surface area contributed by atoms with Gasteiger partial charge in [0.15, 0.2) is 0 Å². The first-order chi connectivity index (χ1) is 9.70. The number of thiophene rings is 1. The normalized spacial score (nSPS) is 16.6. The SMILES string of the molecule is CN(CCC(F)(F)F)S(=O)(=O)c1ccsc1CNC1CC1. The summed E-state index contributed by atoms with van der Waals surface area (Å²) >= 11 is 1.30. The Bertz CT molecular complexity index is 580. The molecule has 4 nitrogen and oxygen atoms in total. The van der Waals surface area contributed by atoms with Gasteiger partial charge < -0.3 is 5.32 Å². The van der Waals surface area contributed by atoms with Crippen LogP contribution in [0.15, 0.2) is 16.3 Å². The van der Waals surface area contributed by atoms with Gasteiger partial charge in [-0.05, 0) is 24.3 Å². The smallest absolute Gasteiger partial charge is 0.309 e. The molecule has 2 rings (SSSR count). The molecule has 0 unspecified atom stereocenters. The van der Waals surface area contributed by atoms with Crippen LogP contribution in [0.2, 0.25) is 0 Å². The zero-order chi connectivity index (χ0) is 15.7. The van der Waals surface area contributed by atoms with E-state index in [2.05, 4.69) is 5.32 Å². The summed E-state index contributed by atoms with van der Waals surface area (Å²) in [4.78, 5) is 0.742. The van der Waals surface area contributed by atoms with Crippen molar-refractivity contribution >= 4 is 21.4 Å². The van der Waals surface area contributed by atoms with E-state index in [1.165, 1.54) is 24.5 Å². The molecule has 1 aromatic rings. The highest BCUT2D eigenvalue weighted by Gasteiger charge is 2.31. The van der Waals surface area contributed by atoms with Crippen LogP contribution in [0.5, 0.6) is 0 Å². The highest BCUT2D eigenvalue weighted by atomic mass is 32.2. The molecule has 21 heavy (non-hydrogen) atoms. The van der Waals surface area contributed by atoms with E-state index in [0.717, 1.165) is 17.1 Å². The van der Waals surface area contributed by atoms with Gasteiger partial charge in [0.1, 0.15) is 0 Å². The van der Waals surface area contributed by atoms with Crippen LogP contribution in [0, 0.1) is 0 Å². The predicted molar refractivity (Wildman–Crippen MR) is 74.7 cm³/mol. The summed E-state index contributed by atoms with van der Waals surface area (Å²) in [5.41, 5.74) is 0. The van der Waals surface area contributed by atoms with Crippen molar-refractivity contribution in [2.75, 3.05) is 13.6 Å². The van der Waals surface area contributed by atoms with Gasteiger partial charge in [-0.15, -0.1) is 11.3 Å². The number of nitrogens with one attached hydrogen (secondary N) is 1. The van der Waals surface area contributed by atoms with Crippen molar-refractivity contribution in [2.24, 2.45) is 0 Å². The molecule has 1 aromatic heterocycles. The largest absolute Gasteiger partial charge is 0.390 e. The average molecular weight is 342 g/mol. The third-order valence-corrected chi connectivity index (χ3v) is 6.22. The van der Waals surface area contributed by atoms with Crippen LogP contribution in [0.1, 0.15) is 24.1 Å². The fourth-order valence-electron chi connectivity index (χ4n) is 1.78. The average Bonchev–Trinajstić information content (AvgIpc) is 3.08. The molecule has 0 spiro atoms. The first-order valence-corrected chi connectivity index (χ1v) is 8.85. The van der Waals surface area contributed by atoms with Gasteiger partial charge in [0.25, 0.3) is 0 Å². The minimum absolute atomic E-state index is 0.102. The number of sulfonamides is 1. The maximum Gasteiger partial charge on any atom is 0.390 e. The van der Waals surface area contributed by atoms with Crippen molar-refractivity contribution in [1.82, 2.24) is 9.62 Å². The molecule has 0 aromatic carbocycles. The Morgan fingerprint density at radius 3 is 2.67 bits per heavy atom. The van der Waals surface area contributed by atoms with Crippen LogP contribution in [0.25, 0.3) is 0 Å². The molecule has 1 fully saturated rings. The summed E-state index contributed by atoms with van der Waals surface area (Å²) in [7, 11) is -2.70. The molecule has 0 radical (unpaired) electrons. The van der Waals surface area contributed by atoms with Gasteiger partial charge in [0, 0.05) is 31.1 Å². The van der Waals surface area contributed by atoms with E-state index in [1.807, 2.05) is 0 Å². The monoisotopic (exact) mass is 342 g/mol. The van der Waals surface area contributed by atoms with Crippen LogP contribution in [0.3, 0.4) is 0 Å². The summed E-state index contributed by atoms with van der Waals surface area (Å²) < 4.78 is 62.1. The summed E-state index contributed by atoms with van der Waals surface area (Å²) in [5, 5.41) is 4.86. The van der Waals surface area contributed by atoms with E-state index in [-0.39, 0.29) is 4.90 Å². The Morgan fingerprint density at radius 1 is 1.43 bits per heavy atom. The summed E-state index contributed by atoms with van der Waals surface area (Å²) in [6.45, 7) is -0.138. The highest BCUT2D eigenvalue weighted by molar-refractivity contribution is 7.89. The molecule has 1 saturated carbocycles. The lowest BCUT2D eigenvalue weighted by molar-refractivity contribution is -0.135. The molecule has 0 bridgehead atoms. The number of hydrogen-bond donors (Lipinski definition) is 1. The number of hydrogen-bond acceptors (Lipinski definition) is 4. The molecule has 1 heterocycles. The van der Waals surface area contributed by atoms with Crippen LogP contribution in [-0.4, -0.2) is 38.5 Å². The molecular weight excluding hydrogens is 325 g/mol. The van der Waals surface area contributed by atoms with E-state index >= 15 is 0 Å². The Kier molecular flexibility index (Phi) is 4.96. The minimum atomic E-state index is -4.37. The first-order valence-electron chi connectivity index (χ1n) is 6.53. The summed E-state index contributed by atoms with van der Waals surface area (Å²) in [6.07, 6.45) is -3.35. The lowest BCUT2D eigenvalue weighted by Crippen LogP contribution is -2.31. The van der Waals surface area contributed by atoms with E-state index in [4.69, 9.17) is 0 Å². The maximum atomic E-state index is 12.3. The third kappa shape index (κ3) is 4.67. The highest BCUT2D eigenvalue weighted by Crippen LogP contribution is 2.28. The van der Waals surface area contributed by atoms with Crippen molar-refractivity contribution < 1.29 is 21.6 Å². The van der Waals surface area contributed by atoms with Gasteiger partial charge in [0.05, 0.1) is 11.3 Å². The zero-order valence-electron chi connectivity index (χ0n) is 11.5. The van der Waals surface area contributed by atoms with Crippen LogP contribution < -0.4 is 5.32 Å². The summed E-state index contributed by atoms with van der Waals surface area (Å²) in [6, 6.07) is 1.89. The van der Waals surface area contributed by atoms with Gasteiger partial charge in [0.2, 0.25) is 10.0 Å². The quantitative estimate of drug-likeness (QED) is 0.829. The van der Waals surface area contributed by atoms with Crippen LogP contribution in [0.4, 0.5) is 13.2 Å². The van der Waals surface area contributed by atoms with Gasteiger partial charge in [-0.1, -0.05) is 0 Å². The molecule has 0 amide bonds. The molecule has 120 valence electrons. The minimum Gasteiger partial charge on any atom is -0.309 e. The summed E-state index contributed by atoms with van der Waals surface area (Å²) in [5.74, 6) is 0. The van der Waals surface area contributed by atoms with Gasteiger partial charge in [-0.25, -0.2) is 12.7 Å². The molecule has 0 saturated heterocycles. The van der Waals surface area contributed by atoms with Gasteiger partial charge >= 0.3 is 6.18 Å². The lowest BCUT2D eigenvalue weighted by atomic mass is 10.4. The van der Waals surface area contributed by atoms with Crippen molar-refractivity contribution in [3.05, 3.63) is 16.3 Å². The second-order valence-electron chi connectivity index (χ2n) is 5.05. The van der Waals surface area contributed by atoms with Gasteiger partial charge in [-0.2, -0.15) is 13.2 Å². The van der Waals surface area contributed by atoms with E-state index in [1.54, 1.807) is 5.38 Å². The molecule has 9 heteroatoms. The van der Waals surface area contributed by atoms with Crippen LogP contribution in [-0.2, 0) is 16.6 Å². The van der Waals surface area contributed by atoms with Crippen molar-refractivity contribution in [3.8, 4) is 0 Å². The maximum absolute atomic E-state index is 12.3. The Morgan fingerprint density at radius 2 is 2.10 bits per heavy atom. The Balaban J connectivity index is 2.05. The van der Waals surface area contributed by atoms with Crippen LogP contribution >= 0.6 is 11.3 Å². The second-order valence-corrected chi connectivity index (χ2v) is 8.07. The lowest BCUT2D eigenvalue weighted by Gasteiger charge is -2.18. The predicted octanol–water partition coefficient (Wildman–Crippen LogP) is 2.57. The van der Waals surface area contributed by atoms with E-state index in [0.29, 0.717) is 17.5 Å². The fourth-order valence-corrected chi connectivity index (χ4v) is 4.32. The number of nitrogens with zero attached hydrogens (tertiary/aromatic N) is 1. The molecule has 0 atom stereocenters. The standard InChI is InChI=1S/C12H17F3N2O2S2/c1-17(6-5-12(13,14)15)21(18,19)11-4-7-20-10(11)8-16-9-2-3-9/h4,7,9,16H,2-3,5-6,8H2,1H3. The van der Waals surface area contributed by atoms with Crippen molar-refractivity contribution in [3.63, 3.8) is 0 Å².